The van der Waals surface area contributed by atoms with Crippen molar-refractivity contribution in [2.45, 2.75) is 30.7 Å². The Hall–Kier alpha value is -2.45. The molecule has 1 aromatic heterocycles. The maximum atomic E-state index is 13.0. The Bertz CT molecular complexity index is 894. The number of sulfonamides is 1. The summed E-state index contributed by atoms with van der Waals surface area (Å²) in [4.78, 5) is 16.5. The van der Waals surface area contributed by atoms with E-state index in [9.17, 15) is 13.2 Å². The summed E-state index contributed by atoms with van der Waals surface area (Å²) in [6.07, 6.45) is 6.01. The number of hydrogen-bond acceptors (Lipinski definition) is 5. The highest BCUT2D eigenvalue weighted by atomic mass is 32.2. The Morgan fingerprint density at radius 3 is 2.52 bits per heavy atom. The summed E-state index contributed by atoms with van der Waals surface area (Å²) < 4.78 is 32.8. The van der Waals surface area contributed by atoms with E-state index < -0.39 is 10.0 Å². The Balaban J connectivity index is 1.83. The fourth-order valence-corrected chi connectivity index (χ4v) is 4.75. The van der Waals surface area contributed by atoms with Gasteiger partial charge in [-0.15, -0.1) is 0 Å². The molecule has 27 heavy (non-hydrogen) atoms. The van der Waals surface area contributed by atoms with Crippen LogP contribution in [0.1, 0.15) is 35.2 Å². The first-order chi connectivity index (χ1) is 13.0. The SMILES string of the molecule is COc1ccc(C(=O)NCc2ccncc2)cc1S(=O)(=O)N1CCCCC1. The number of amides is 1. The monoisotopic (exact) mass is 389 g/mol. The van der Waals surface area contributed by atoms with Crippen molar-refractivity contribution in [2.24, 2.45) is 0 Å². The van der Waals surface area contributed by atoms with Crippen molar-refractivity contribution >= 4 is 15.9 Å². The van der Waals surface area contributed by atoms with Gasteiger partial charge >= 0.3 is 0 Å². The van der Waals surface area contributed by atoms with E-state index in [1.54, 1.807) is 30.6 Å². The van der Waals surface area contributed by atoms with E-state index in [0.29, 0.717) is 19.6 Å². The zero-order valence-corrected chi connectivity index (χ0v) is 16.0. The molecule has 0 atom stereocenters. The molecular weight excluding hydrogens is 366 g/mol. The number of carbonyl (C=O) groups is 1. The average Bonchev–Trinajstić information content (AvgIpc) is 2.73. The Morgan fingerprint density at radius 1 is 1.15 bits per heavy atom. The molecule has 1 saturated heterocycles. The molecule has 0 radical (unpaired) electrons. The highest BCUT2D eigenvalue weighted by Gasteiger charge is 2.29. The minimum atomic E-state index is -3.71. The van der Waals surface area contributed by atoms with Gasteiger partial charge in [-0.1, -0.05) is 6.42 Å². The van der Waals surface area contributed by atoms with Crippen molar-refractivity contribution in [3.63, 3.8) is 0 Å². The summed E-state index contributed by atoms with van der Waals surface area (Å²) in [5.74, 6) is -0.101. The van der Waals surface area contributed by atoms with Crippen molar-refractivity contribution in [1.82, 2.24) is 14.6 Å². The van der Waals surface area contributed by atoms with Gasteiger partial charge in [-0.25, -0.2) is 8.42 Å². The first kappa shape index (κ1) is 19.3. The van der Waals surface area contributed by atoms with Gasteiger partial charge in [0.25, 0.3) is 5.91 Å². The normalized spacial score (nSPS) is 15.3. The third-order valence-corrected chi connectivity index (χ3v) is 6.48. The van der Waals surface area contributed by atoms with Gasteiger partial charge < -0.3 is 10.1 Å². The summed E-state index contributed by atoms with van der Waals surface area (Å²) in [6, 6.07) is 8.10. The summed E-state index contributed by atoms with van der Waals surface area (Å²) in [7, 11) is -2.28. The van der Waals surface area contributed by atoms with Crippen LogP contribution in [0.5, 0.6) is 5.75 Å². The molecule has 8 heteroatoms. The zero-order valence-electron chi connectivity index (χ0n) is 15.2. The third-order valence-electron chi connectivity index (χ3n) is 4.56. The second kappa shape index (κ2) is 8.49. The molecular formula is C19H23N3O4S. The third kappa shape index (κ3) is 4.45. The molecule has 0 bridgehead atoms. The van der Waals surface area contributed by atoms with Gasteiger partial charge in [0.15, 0.2) is 0 Å². The molecule has 1 aliphatic rings. The maximum absolute atomic E-state index is 13.0. The lowest BCUT2D eigenvalue weighted by Crippen LogP contribution is -2.36. The van der Waals surface area contributed by atoms with Gasteiger partial charge in [0.2, 0.25) is 10.0 Å². The number of aromatic nitrogens is 1. The van der Waals surface area contributed by atoms with Crippen molar-refractivity contribution < 1.29 is 17.9 Å². The fourth-order valence-electron chi connectivity index (χ4n) is 3.05. The number of pyridine rings is 1. The van der Waals surface area contributed by atoms with Gasteiger partial charge in [-0.05, 0) is 48.7 Å². The number of carbonyl (C=O) groups excluding carboxylic acids is 1. The number of ether oxygens (including phenoxy) is 1. The number of rotatable bonds is 6. The quantitative estimate of drug-likeness (QED) is 0.818. The molecule has 2 aromatic rings. The summed E-state index contributed by atoms with van der Waals surface area (Å²) in [6.45, 7) is 1.31. The molecule has 0 spiro atoms. The van der Waals surface area contributed by atoms with Crippen LogP contribution in [0.15, 0.2) is 47.6 Å². The van der Waals surface area contributed by atoms with Crippen LogP contribution in [0, 0.1) is 0 Å². The lowest BCUT2D eigenvalue weighted by Gasteiger charge is -2.26. The highest BCUT2D eigenvalue weighted by Crippen LogP contribution is 2.29. The van der Waals surface area contributed by atoms with Crippen molar-refractivity contribution in [2.75, 3.05) is 20.2 Å². The Labute approximate surface area is 159 Å². The van der Waals surface area contributed by atoms with Crippen LogP contribution in [0.3, 0.4) is 0 Å². The molecule has 1 aliphatic heterocycles. The van der Waals surface area contributed by atoms with E-state index >= 15 is 0 Å². The lowest BCUT2D eigenvalue weighted by atomic mass is 10.2. The van der Waals surface area contributed by atoms with E-state index in [-0.39, 0.29) is 22.1 Å². The minimum Gasteiger partial charge on any atom is -0.495 e. The highest BCUT2D eigenvalue weighted by molar-refractivity contribution is 7.89. The number of nitrogens with one attached hydrogen (secondary N) is 1. The Morgan fingerprint density at radius 2 is 1.85 bits per heavy atom. The number of hydrogen-bond donors (Lipinski definition) is 1. The first-order valence-corrected chi connectivity index (χ1v) is 10.3. The smallest absolute Gasteiger partial charge is 0.251 e. The largest absolute Gasteiger partial charge is 0.495 e. The van der Waals surface area contributed by atoms with E-state index in [2.05, 4.69) is 10.3 Å². The Kier molecular flexibility index (Phi) is 6.08. The molecule has 144 valence electrons. The van der Waals surface area contributed by atoms with Crippen LogP contribution in [0.4, 0.5) is 0 Å². The molecule has 3 rings (SSSR count). The number of nitrogens with zero attached hydrogens (tertiary/aromatic N) is 2. The fraction of sp³-hybridized carbons (Fsp3) is 0.368. The number of piperidine rings is 1. The zero-order chi connectivity index (χ0) is 19.3. The van der Waals surface area contributed by atoms with Crippen molar-refractivity contribution in [1.29, 1.82) is 0 Å². The van der Waals surface area contributed by atoms with E-state index in [1.165, 1.54) is 23.5 Å². The van der Waals surface area contributed by atoms with Crippen LogP contribution in [0.25, 0.3) is 0 Å². The van der Waals surface area contributed by atoms with Gasteiger partial charge in [0.1, 0.15) is 10.6 Å². The second-order valence-electron chi connectivity index (χ2n) is 6.37. The van der Waals surface area contributed by atoms with Gasteiger partial charge in [-0.3, -0.25) is 9.78 Å². The molecule has 2 heterocycles. The number of benzene rings is 1. The summed E-state index contributed by atoms with van der Waals surface area (Å²) in [5.41, 5.74) is 1.19. The standard InChI is InChI=1S/C19H23N3O4S/c1-26-17-6-5-16(19(23)21-14-15-7-9-20-10-8-15)13-18(17)27(24,25)22-11-3-2-4-12-22/h5-10,13H,2-4,11-12,14H2,1H3,(H,21,23). The van der Waals surface area contributed by atoms with Crippen LogP contribution in [-0.2, 0) is 16.6 Å². The predicted molar refractivity (Wildman–Crippen MR) is 101 cm³/mol. The molecule has 1 amide bonds. The first-order valence-electron chi connectivity index (χ1n) is 8.87. The molecule has 0 unspecified atom stereocenters. The topological polar surface area (TPSA) is 88.6 Å². The van der Waals surface area contributed by atoms with Crippen LogP contribution >= 0.6 is 0 Å². The van der Waals surface area contributed by atoms with E-state index in [1.807, 2.05) is 0 Å². The van der Waals surface area contributed by atoms with Gasteiger partial charge in [0, 0.05) is 37.6 Å². The summed E-state index contributed by atoms with van der Waals surface area (Å²) in [5, 5.41) is 2.79. The molecule has 0 aliphatic carbocycles. The van der Waals surface area contributed by atoms with Gasteiger partial charge in [0.05, 0.1) is 7.11 Å². The van der Waals surface area contributed by atoms with Crippen molar-refractivity contribution in [3.8, 4) is 5.75 Å². The van der Waals surface area contributed by atoms with E-state index in [4.69, 9.17) is 4.74 Å². The predicted octanol–water partition coefficient (Wildman–Crippen LogP) is 2.19. The molecule has 1 fully saturated rings. The van der Waals surface area contributed by atoms with Crippen molar-refractivity contribution in [3.05, 3.63) is 53.9 Å². The molecule has 0 saturated carbocycles. The summed E-state index contributed by atoms with van der Waals surface area (Å²) >= 11 is 0. The van der Waals surface area contributed by atoms with E-state index in [0.717, 1.165) is 24.8 Å². The maximum Gasteiger partial charge on any atom is 0.251 e. The van der Waals surface area contributed by atoms with Crippen LogP contribution < -0.4 is 10.1 Å². The molecule has 1 aromatic carbocycles. The average molecular weight is 389 g/mol. The minimum absolute atomic E-state index is 0.0310. The second-order valence-corrected chi connectivity index (χ2v) is 8.27. The molecule has 7 nitrogen and oxygen atoms in total. The number of methoxy groups -OCH3 is 1. The van der Waals surface area contributed by atoms with Crippen LogP contribution in [-0.4, -0.2) is 43.8 Å². The lowest BCUT2D eigenvalue weighted by molar-refractivity contribution is 0.0950. The van der Waals surface area contributed by atoms with Gasteiger partial charge in [-0.2, -0.15) is 4.31 Å². The molecule has 1 N–H and O–H groups in total. The van der Waals surface area contributed by atoms with Crippen LogP contribution in [0.2, 0.25) is 0 Å².